The smallest absolute Gasteiger partial charge is 0.325 e. The Labute approximate surface area is 196 Å². The van der Waals surface area contributed by atoms with Crippen molar-refractivity contribution in [1.82, 2.24) is 20.4 Å². The molecule has 3 fully saturated rings. The molecule has 2 aliphatic heterocycles. The van der Waals surface area contributed by atoms with Crippen molar-refractivity contribution in [2.75, 3.05) is 32.8 Å². The van der Waals surface area contributed by atoms with Crippen molar-refractivity contribution in [3.05, 3.63) is 35.4 Å². The number of carbonyl (C=O) groups is 3. The monoisotopic (exact) mass is 456 g/mol. The molecule has 0 radical (unpaired) electrons. The fourth-order valence-electron chi connectivity index (χ4n) is 5.93. The highest BCUT2D eigenvalue weighted by Gasteiger charge is 2.56. The van der Waals surface area contributed by atoms with Crippen molar-refractivity contribution in [2.24, 2.45) is 11.3 Å². The molecule has 1 aromatic carbocycles. The number of nitrogens with one attached hydrogen (secondary N) is 2. The van der Waals surface area contributed by atoms with E-state index in [-0.39, 0.29) is 23.8 Å². The van der Waals surface area contributed by atoms with Crippen molar-refractivity contribution in [3.8, 4) is 0 Å². The molecule has 3 aliphatic rings. The second kappa shape index (κ2) is 9.43. The molecule has 2 N–H and O–H groups in total. The van der Waals surface area contributed by atoms with E-state index in [1.165, 1.54) is 0 Å². The Hall–Kier alpha value is -2.45. The minimum atomic E-state index is -0.886. The van der Waals surface area contributed by atoms with Gasteiger partial charge in [-0.2, -0.15) is 0 Å². The predicted octanol–water partition coefficient (Wildman–Crippen LogP) is 2.27. The number of morpholine rings is 1. The number of benzene rings is 1. The summed E-state index contributed by atoms with van der Waals surface area (Å²) in [5, 5.41) is 5.84. The van der Waals surface area contributed by atoms with E-state index in [1.807, 2.05) is 18.2 Å². The number of urea groups is 1. The van der Waals surface area contributed by atoms with Crippen molar-refractivity contribution in [2.45, 2.75) is 58.7 Å². The van der Waals surface area contributed by atoms with Gasteiger partial charge in [0.05, 0.1) is 13.2 Å². The van der Waals surface area contributed by atoms with E-state index in [0.29, 0.717) is 25.3 Å². The van der Waals surface area contributed by atoms with Crippen LogP contribution in [0.25, 0.3) is 0 Å². The predicted molar refractivity (Wildman–Crippen MR) is 124 cm³/mol. The van der Waals surface area contributed by atoms with Gasteiger partial charge in [-0.3, -0.25) is 19.4 Å². The first kappa shape index (κ1) is 23.7. The second-order valence-electron chi connectivity index (χ2n) is 10.7. The van der Waals surface area contributed by atoms with E-state index in [1.54, 1.807) is 0 Å². The van der Waals surface area contributed by atoms with E-state index in [0.717, 1.165) is 55.3 Å². The Morgan fingerprint density at radius 2 is 1.85 bits per heavy atom. The first-order chi connectivity index (χ1) is 15.7. The normalized spacial score (nSPS) is 27.6. The zero-order chi connectivity index (χ0) is 23.6. The number of imide groups is 1. The van der Waals surface area contributed by atoms with E-state index in [4.69, 9.17) is 4.74 Å². The number of nitrogens with zero attached hydrogens (tertiary/aromatic N) is 2. The van der Waals surface area contributed by atoms with Gasteiger partial charge in [0.1, 0.15) is 12.1 Å². The van der Waals surface area contributed by atoms with Crippen LogP contribution >= 0.6 is 0 Å². The lowest BCUT2D eigenvalue weighted by atomic mass is 9.64. The molecule has 2 saturated heterocycles. The Bertz CT molecular complexity index is 911. The summed E-state index contributed by atoms with van der Waals surface area (Å²) >= 11 is 0. The zero-order valence-corrected chi connectivity index (χ0v) is 20.0. The van der Waals surface area contributed by atoms with Crippen LogP contribution in [0.4, 0.5) is 4.79 Å². The Kier molecular flexibility index (Phi) is 6.77. The summed E-state index contributed by atoms with van der Waals surface area (Å²) in [4.78, 5) is 42.1. The fraction of sp³-hybridized carbons (Fsp3) is 0.640. The van der Waals surface area contributed by atoms with Crippen LogP contribution in [0.2, 0.25) is 0 Å². The minimum Gasteiger partial charge on any atom is -0.379 e. The molecule has 1 spiro atoms. The van der Waals surface area contributed by atoms with Gasteiger partial charge in [0.25, 0.3) is 5.91 Å². The van der Waals surface area contributed by atoms with Gasteiger partial charge in [-0.15, -0.1) is 0 Å². The molecule has 8 nitrogen and oxygen atoms in total. The highest BCUT2D eigenvalue weighted by atomic mass is 16.5. The number of hydrogen-bond donors (Lipinski definition) is 2. The second-order valence-corrected chi connectivity index (χ2v) is 10.7. The largest absolute Gasteiger partial charge is 0.379 e. The third-order valence-electron chi connectivity index (χ3n) is 7.02. The maximum atomic E-state index is 13.3. The molecule has 8 heteroatoms. The summed E-state index contributed by atoms with van der Waals surface area (Å²) in [6, 6.07) is 7.57. The molecule has 0 aromatic heterocycles. The molecular formula is C25H36N4O4. The Morgan fingerprint density at radius 3 is 2.55 bits per heavy atom. The summed E-state index contributed by atoms with van der Waals surface area (Å²) in [6.07, 6.45) is 2.23. The highest BCUT2D eigenvalue weighted by molar-refractivity contribution is 6.09. The number of amides is 4. The van der Waals surface area contributed by atoms with Gasteiger partial charge >= 0.3 is 6.03 Å². The number of carbonyl (C=O) groups excluding carboxylic acids is 3. The van der Waals surface area contributed by atoms with Gasteiger partial charge in [-0.25, -0.2) is 4.79 Å². The summed E-state index contributed by atoms with van der Waals surface area (Å²) in [6.45, 7) is 10.6. The minimum absolute atomic E-state index is 0.0386. The lowest BCUT2D eigenvalue weighted by molar-refractivity contribution is -0.137. The van der Waals surface area contributed by atoms with E-state index in [9.17, 15) is 14.4 Å². The van der Waals surface area contributed by atoms with Crippen LogP contribution < -0.4 is 10.6 Å². The van der Waals surface area contributed by atoms with Gasteiger partial charge < -0.3 is 15.4 Å². The van der Waals surface area contributed by atoms with Crippen LogP contribution in [0.1, 0.15) is 51.2 Å². The third kappa shape index (κ3) is 5.38. The highest BCUT2D eigenvalue weighted by Crippen LogP contribution is 2.46. The molecule has 4 amide bonds. The molecule has 2 atom stereocenters. The average molecular weight is 457 g/mol. The summed E-state index contributed by atoms with van der Waals surface area (Å²) in [5.74, 6) is -0.274. The van der Waals surface area contributed by atoms with Crippen LogP contribution in [0.3, 0.4) is 0 Å². The van der Waals surface area contributed by atoms with Crippen LogP contribution in [-0.2, 0) is 27.4 Å². The van der Waals surface area contributed by atoms with Crippen LogP contribution in [-0.4, -0.2) is 66.0 Å². The maximum Gasteiger partial charge on any atom is 0.325 e. The quantitative estimate of drug-likeness (QED) is 0.641. The Morgan fingerprint density at radius 1 is 1.15 bits per heavy atom. The lowest BCUT2D eigenvalue weighted by Gasteiger charge is -2.43. The third-order valence-corrected chi connectivity index (χ3v) is 7.02. The van der Waals surface area contributed by atoms with Gasteiger partial charge in [-0.05, 0) is 41.7 Å². The van der Waals surface area contributed by atoms with E-state index in [2.05, 4.69) is 42.4 Å². The number of ether oxygens (including phenoxy) is 1. The average Bonchev–Trinajstić information content (AvgIpc) is 2.95. The zero-order valence-electron chi connectivity index (χ0n) is 20.0. The first-order valence-electron chi connectivity index (χ1n) is 12.0. The van der Waals surface area contributed by atoms with E-state index < -0.39 is 11.6 Å². The number of rotatable bonds is 6. The summed E-state index contributed by atoms with van der Waals surface area (Å²) < 4.78 is 5.42. The number of hydrogen-bond acceptors (Lipinski definition) is 5. The van der Waals surface area contributed by atoms with Crippen molar-refractivity contribution in [1.29, 1.82) is 0 Å². The molecule has 1 aromatic rings. The van der Waals surface area contributed by atoms with Crippen LogP contribution in [0.15, 0.2) is 24.3 Å². The SMILES string of the molecule is CC1CC(C)(C)CC2(C1)NC(=O)N(CC(=O)NCc1ccccc1CN1CCOCC1)C2=O. The molecule has 33 heavy (non-hydrogen) atoms. The topological polar surface area (TPSA) is 91.0 Å². The van der Waals surface area contributed by atoms with Gasteiger partial charge in [-0.1, -0.05) is 45.0 Å². The molecule has 180 valence electrons. The summed E-state index contributed by atoms with van der Waals surface area (Å²) in [7, 11) is 0. The molecule has 0 bridgehead atoms. The van der Waals surface area contributed by atoms with Crippen molar-refractivity contribution < 1.29 is 19.1 Å². The molecule has 1 saturated carbocycles. The van der Waals surface area contributed by atoms with Gasteiger partial charge in [0, 0.05) is 26.2 Å². The van der Waals surface area contributed by atoms with Gasteiger partial charge in [0.2, 0.25) is 5.91 Å². The van der Waals surface area contributed by atoms with Crippen molar-refractivity contribution >= 4 is 17.8 Å². The lowest BCUT2D eigenvalue weighted by Crippen LogP contribution is -2.54. The standard InChI is InChI=1S/C25H36N4O4/c1-18-12-24(2,3)17-25(13-18)22(31)29(23(32)27-25)16-21(30)26-14-19-6-4-5-7-20(19)15-28-8-10-33-11-9-28/h4-7,18H,8-17H2,1-3H3,(H,26,30)(H,27,32). The van der Waals surface area contributed by atoms with E-state index >= 15 is 0 Å². The first-order valence-corrected chi connectivity index (χ1v) is 12.0. The van der Waals surface area contributed by atoms with Crippen LogP contribution in [0.5, 0.6) is 0 Å². The van der Waals surface area contributed by atoms with Gasteiger partial charge in [0.15, 0.2) is 0 Å². The fourth-order valence-corrected chi connectivity index (χ4v) is 5.93. The molecule has 1 aliphatic carbocycles. The van der Waals surface area contributed by atoms with Crippen molar-refractivity contribution in [3.63, 3.8) is 0 Å². The molecular weight excluding hydrogens is 420 g/mol. The maximum absolute atomic E-state index is 13.3. The van der Waals surface area contributed by atoms with Crippen LogP contribution in [0, 0.1) is 11.3 Å². The molecule has 4 rings (SSSR count). The Balaban J connectivity index is 1.36. The summed E-state index contributed by atoms with van der Waals surface area (Å²) in [5.41, 5.74) is 1.27. The molecule has 2 heterocycles. The molecule has 2 unspecified atom stereocenters.